The molecular weight excluding hydrogens is 266 g/mol. The van der Waals surface area contributed by atoms with E-state index in [1.165, 1.54) is 31.4 Å². The third kappa shape index (κ3) is 3.07. The molecule has 20 heavy (non-hydrogen) atoms. The Balaban J connectivity index is 1.68. The molecular formula is C16H25N3S. The lowest BCUT2D eigenvalue weighted by Crippen LogP contribution is -2.35. The van der Waals surface area contributed by atoms with Gasteiger partial charge in [0.1, 0.15) is 0 Å². The zero-order valence-corrected chi connectivity index (χ0v) is 13.4. The van der Waals surface area contributed by atoms with Gasteiger partial charge < -0.3 is 5.32 Å². The van der Waals surface area contributed by atoms with Crippen molar-refractivity contribution in [3.05, 3.63) is 23.5 Å². The Morgan fingerprint density at radius 1 is 1.40 bits per heavy atom. The van der Waals surface area contributed by atoms with Crippen LogP contribution >= 0.6 is 11.3 Å². The first-order chi connectivity index (χ1) is 9.67. The summed E-state index contributed by atoms with van der Waals surface area (Å²) in [6.45, 7) is 6.83. The van der Waals surface area contributed by atoms with Gasteiger partial charge in [-0.3, -0.25) is 4.40 Å². The molecule has 2 aromatic rings. The molecule has 0 spiro atoms. The van der Waals surface area contributed by atoms with Crippen molar-refractivity contribution < 1.29 is 0 Å². The molecule has 1 aliphatic rings. The SMILES string of the molecule is CC(C)CNCC1(Cc2cn3ccsc3n2)CCCC1. The Morgan fingerprint density at radius 3 is 2.90 bits per heavy atom. The van der Waals surface area contributed by atoms with Crippen LogP contribution in [0.3, 0.4) is 0 Å². The van der Waals surface area contributed by atoms with Crippen LogP contribution in [0.4, 0.5) is 0 Å². The maximum atomic E-state index is 4.78. The summed E-state index contributed by atoms with van der Waals surface area (Å²) in [5.74, 6) is 0.728. The molecule has 2 heterocycles. The first-order valence-corrected chi connectivity index (χ1v) is 8.67. The quantitative estimate of drug-likeness (QED) is 0.878. The van der Waals surface area contributed by atoms with E-state index in [1.54, 1.807) is 11.3 Å². The number of nitrogens with zero attached hydrogens (tertiary/aromatic N) is 2. The molecule has 1 N–H and O–H groups in total. The molecule has 0 bridgehead atoms. The van der Waals surface area contributed by atoms with Gasteiger partial charge in [-0.15, -0.1) is 11.3 Å². The molecule has 2 aromatic heterocycles. The fraction of sp³-hybridized carbons (Fsp3) is 0.688. The predicted octanol–water partition coefficient (Wildman–Crippen LogP) is 3.74. The Bertz CT molecular complexity index is 520. The average molecular weight is 291 g/mol. The average Bonchev–Trinajstić information content (AvgIpc) is 3.05. The Morgan fingerprint density at radius 2 is 2.20 bits per heavy atom. The molecule has 0 aliphatic heterocycles. The van der Waals surface area contributed by atoms with E-state index in [-0.39, 0.29) is 0 Å². The largest absolute Gasteiger partial charge is 0.316 e. The molecule has 1 aliphatic carbocycles. The second-order valence-electron chi connectivity index (χ2n) is 6.73. The highest BCUT2D eigenvalue weighted by atomic mass is 32.1. The summed E-state index contributed by atoms with van der Waals surface area (Å²) in [5, 5.41) is 5.78. The number of imidazole rings is 1. The fourth-order valence-corrected chi connectivity index (χ4v) is 4.13. The Kier molecular flexibility index (Phi) is 4.13. The van der Waals surface area contributed by atoms with Crippen LogP contribution in [0.1, 0.15) is 45.2 Å². The summed E-state index contributed by atoms with van der Waals surface area (Å²) in [4.78, 5) is 5.91. The number of aromatic nitrogens is 2. The lowest BCUT2D eigenvalue weighted by atomic mass is 9.81. The molecule has 110 valence electrons. The number of thiazole rings is 1. The molecule has 0 radical (unpaired) electrons. The highest BCUT2D eigenvalue weighted by molar-refractivity contribution is 7.15. The number of nitrogens with one attached hydrogen (secondary N) is 1. The van der Waals surface area contributed by atoms with Gasteiger partial charge in [0.15, 0.2) is 4.96 Å². The minimum Gasteiger partial charge on any atom is -0.316 e. The number of fused-ring (bicyclic) bond motifs is 1. The van der Waals surface area contributed by atoms with Crippen LogP contribution in [-0.2, 0) is 6.42 Å². The Hall–Kier alpha value is -0.870. The predicted molar refractivity (Wildman–Crippen MR) is 85.4 cm³/mol. The summed E-state index contributed by atoms with van der Waals surface area (Å²) < 4.78 is 2.16. The molecule has 1 saturated carbocycles. The van der Waals surface area contributed by atoms with E-state index < -0.39 is 0 Å². The lowest BCUT2D eigenvalue weighted by Gasteiger charge is -2.29. The highest BCUT2D eigenvalue weighted by Gasteiger charge is 2.34. The summed E-state index contributed by atoms with van der Waals surface area (Å²) in [5.41, 5.74) is 1.71. The maximum absolute atomic E-state index is 4.78. The lowest BCUT2D eigenvalue weighted by molar-refractivity contribution is 0.271. The summed E-state index contributed by atoms with van der Waals surface area (Å²) in [7, 11) is 0. The van der Waals surface area contributed by atoms with Gasteiger partial charge >= 0.3 is 0 Å². The number of hydrogen-bond acceptors (Lipinski definition) is 3. The summed E-state index contributed by atoms with van der Waals surface area (Å²) in [6, 6.07) is 0. The van der Waals surface area contributed by atoms with Crippen LogP contribution < -0.4 is 5.32 Å². The topological polar surface area (TPSA) is 29.3 Å². The first-order valence-electron chi connectivity index (χ1n) is 7.79. The van der Waals surface area contributed by atoms with Crippen LogP contribution in [0, 0.1) is 11.3 Å². The van der Waals surface area contributed by atoms with Gasteiger partial charge in [0.05, 0.1) is 5.69 Å². The zero-order valence-electron chi connectivity index (χ0n) is 12.6. The van der Waals surface area contributed by atoms with Crippen molar-refractivity contribution in [2.45, 2.75) is 46.0 Å². The van der Waals surface area contributed by atoms with Crippen LogP contribution in [0.25, 0.3) is 4.96 Å². The van der Waals surface area contributed by atoms with E-state index >= 15 is 0 Å². The third-order valence-electron chi connectivity index (χ3n) is 4.42. The van der Waals surface area contributed by atoms with Crippen LogP contribution in [0.15, 0.2) is 17.8 Å². The maximum Gasteiger partial charge on any atom is 0.193 e. The van der Waals surface area contributed by atoms with Gasteiger partial charge in [0.25, 0.3) is 0 Å². The van der Waals surface area contributed by atoms with Crippen molar-refractivity contribution in [3.63, 3.8) is 0 Å². The normalized spacial score (nSPS) is 18.4. The van der Waals surface area contributed by atoms with E-state index in [0.717, 1.165) is 30.4 Å². The van der Waals surface area contributed by atoms with Crippen molar-refractivity contribution in [1.29, 1.82) is 0 Å². The minimum absolute atomic E-state index is 0.443. The molecule has 0 atom stereocenters. The monoisotopic (exact) mass is 291 g/mol. The van der Waals surface area contributed by atoms with Crippen molar-refractivity contribution in [3.8, 4) is 0 Å². The van der Waals surface area contributed by atoms with E-state index in [0.29, 0.717) is 5.41 Å². The standard InChI is InChI=1S/C16H25N3S/c1-13(2)10-17-12-16(5-3-4-6-16)9-14-11-19-7-8-20-15(19)18-14/h7-8,11,13,17H,3-6,9-10,12H2,1-2H3. The van der Waals surface area contributed by atoms with Crippen LogP contribution in [0.5, 0.6) is 0 Å². The van der Waals surface area contributed by atoms with Gasteiger partial charge in [0.2, 0.25) is 0 Å². The van der Waals surface area contributed by atoms with Gasteiger partial charge in [-0.25, -0.2) is 4.98 Å². The molecule has 0 unspecified atom stereocenters. The van der Waals surface area contributed by atoms with Crippen molar-refractivity contribution >= 4 is 16.3 Å². The molecule has 0 saturated heterocycles. The second kappa shape index (κ2) is 5.86. The third-order valence-corrected chi connectivity index (χ3v) is 5.19. The molecule has 1 fully saturated rings. The van der Waals surface area contributed by atoms with Gasteiger partial charge in [-0.05, 0) is 37.1 Å². The van der Waals surface area contributed by atoms with Gasteiger partial charge in [0, 0.05) is 24.3 Å². The summed E-state index contributed by atoms with van der Waals surface area (Å²) >= 11 is 1.72. The van der Waals surface area contributed by atoms with Crippen molar-refractivity contribution in [2.75, 3.05) is 13.1 Å². The number of hydrogen-bond donors (Lipinski definition) is 1. The minimum atomic E-state index is 0.443. The van der Waals surface area contributed by atoms with E-state index in [9.17, 15) is 0 Å². The van der Waals surface area contributed by atoms with E-state index in [2.05, 4.69) is 41.3 Å². The highest BCUT2D eigenvalue weighted by Crippen LogP contribution is 2.40. The molecule has 0 amide bonds. The zero-order chi connectivity index (χ0) is 14.0. The Labute approximate surface area is 125 Å². The van der Waals surface area contributed by atoms with E-state index in [1.807, 2.05) is 0 Å². The second-order valence-corrected chi connectivity index (χ2v) is 7.61. The fourth-order valence-electron chi connectivity index (χ4n) is 3.41. The van der Waals surface area contributed by atoms with E-state index in [4.69, 9.17) is 4.98 Å². The van der Waals surface area contributed by atoms with Crippen molar-refractivity contribution in [2.24, 2.45) is 11.3 Å². The molecule has 3 rings (SSSR count). The smallest absolute Gasteiger partial charge is 0.193 e. The van der Waals surface area contributed by atoms with Gasteiger partial charge in [-0.2, -0.15) is 0 Å². The molecule has 3 nitrogen and oxygen atoms in total. The van der Waals surface area contributed by atoms with Crippen molar-refractivity contribution in [1.82, 2.24) is 14.7 Å². The molecule has 4 heteroatoms. The van der Waals surface area contributed by atoms with Gasteiger partial charge in [-0.1, -0.05) is 26.7 Å². The van der Waals surface area contributed by atoms with Crippen LogP contribution in [0.2, 0.25) is 0 Å². The molecule has 0 aromatic carbocycles. The van der Waals surface area contributed by atoms with Crippen LogP contribution in [-0.4, -0.2) is 22.5 Å². The first kappa shape index (κ1) is 14.1. The number of rotatable bonds is 6. The summed E-state index contributed by atoms with van der Waals surface area (Å²) in [6.07, 6.45) is 10.9.